The van der Waals surface area contributed by atoms with E-state index in [0.717, 1.165) is 11.1 Å². The number of aromatic nitrogens is 2. The Balaban J connectivity index is 1.73. The van der Waals surface area contributed by atoms with Gasteiger partial charge in [-0.05, 0) is 44.0 Å². The fraction of sp³-hybridized carbons (Fsp3) is 0.154. The first-order valence-corrected chi connectivity index (χ1v) is 10.3. The summed E-state index contributed by atoms with van der Waals surface area (Å²) in [6, 6.07) is 17.6. The Bertz CT molecular complexity index is 1480. The van der Waals surface area contributed by atoms with E-state index >= 15 is 0 Å². The van der Waals surface area contributed by atoms with Crippen molar-refractivity contribution in [2.75, 3.05) is 4.90 Å². The zero-order chi connectivity index (χ0) is 21.2. The topological polar surface area (TPSA) is 55.3 Å². The lowest BCUT2D eigenvalue weighted by Crippen LogP contribution is -2.12. The third kappa shape index (κ3) is 2.63. The van der Waals surface area contributed by atoms with E-state index < -0.39 is 0 Å². The molecule has 4 aromatic carbocycles. The third-order valence-corrected chi connectivity index (χ3v) is 5.97. The number of benzene rings is 4. The average Bonchev–Trinajstić information content (AvgIpc) is 3.47. The highest BCUT2D eigenvalue weighted by atomic mass is 16.4. The molecule has 2 aromatic heterocycles. The van der Waals surface area contributed by atoms with Gasteiger partial charge in [0, 0.05) is 5.39 Å². The van der Waals surface area contributed by atoms with E-state index in [-0.39, 0.29) is 5.41 Å². The fourth-order valence-electron chi connectivity index (χ4n) is 4.62. The van der Waals surface area contributed by atoms with E-state index in [1.54, 1.807) is 12.4 Å². The number of hydrogen-bond acceptors (Lipinski definition) is 5. The van der Waals surface area contributed by atoms with E-state index in [1.807, 2.05) is 4.90 Å². The Kier molecular flexibility index (Phi) is 3.66. The van der Waals surface area contributed by atoms with Gasteiger partial charge in [0.2, 0.25) is 11.8 Å². The zero-order valence-electron chi connectivity index (χ0n) is 17.6. The molecular formula is C26H21N3O2. The van der Waals surface area contributed by atoms with Crippen LogP contribution in [0.25, 0.3) is 32.3 Å². The Morgan fingerprint density at radius 2 is 1.23 bits per heavy atom. The van der Waals surface area contributed by atoms with Crippen LogP contribution in [-0.4, -0.2) is 9.97 Å². The Morgan fingerprint density at radius 3 is 1.81 bits per heavy atom. The number of hydrogen-bond donors (Lipinski definition) is 0. The lowest BCUT2D eigenvalue weighted by Gasteiger charge is -2.25. The summed E-state index contributed by atoms with van der Waals surface area (Å²) >= 11 is 0. The number of oxazole rings is 2. The Labute approximate surface area is 179 Å². The molecule has 0 saturated carbocycles. The summed E-state index contributed by atoms with van der Waals surface area (Å²) in [5.41, 5.74) is 2.36. The molecule has 0 radical (unpaired) electrons. The molecule has 0 spiro atoms. The predicted octanol–water partition coefficient (Wildman–Crippen LogP) is 7.33. The van der Waals surface area contributed by atoms with Crippen molar-refractivity contribution in [3.05, 3.63) is 79.3 Å². The quantitative estimate of drug-likeness (QED) is 0.288. The van der Waals surface area contributed by atoms with Crippen LogP contribution in [0.4, 0.5) is 17.5 Å². The van der Waals surface area contributed by atoms with E-state index in [2.05, 4.69) is 79.3 Å². The van der Waals surface area contributed by atoms with Crippen molar-refractivity contribution < 1.29 is 8.83 Å². The van der Waals surface area contributed by atoms with Gasteiger partial charge in [0.15, 0.2) is 12.8 Å². The van der Waals surface area contributed by atoms with E-state index in [0.29, 0.717) is 11.8 Å². The van der Waals surface area contributed by atoms with Crippen LogP contribution in [0.15, 0.2) is 82.5 Å². The summed E-state index contributed by atoms with van der Waals surface area (Å²) in [6.07, 6.45) is 6.20. The van der Waals surface area contributed by atoms with Crippen LogP contribution in [0, 0.1) is 0 Å². The van der Waals surface area contributed by atoms with E-state index in [9.17, 15) is 0 Å². The Morgan fingerprint density at radius 1 is 0.677 bits per heavy atom. The minimum atomic E-state index is 0.0524. The molecule has 2 heterocycles. The van der Waals surface area contributed by atoms with Crippen LogP contribution >= 0.6 is 0 Å². The number of nitrogens with zero attached hydrogens (tertiary/aromatic N) is 3. The molecule has 6 aromatic rings. The molecule has 152 valence electrons. The molecule has 6 rings (SSSR count). The molecule has 5 heteroatoms. The molecule has 0 amide bonds. The maximum atomic E-state index is 5.66. The van der Waals surface area contributed by atoms with Gasteiger partial charge in [-0.15, -0.1) is 0 Å². The molecule has 0 fully saturated rings. The minimum absolute atomic E-state index is 0.0524. The molecule has 0 aliphatic carbocycles. The van der Waals surface area contributed by atoms with Crippen molar-refractivity contribution in [1.29, 1.82) is 0 Å². The fourth-order valence-corrected chi connectivity index (χ4v) is 4.62. The second-order valence-corrected chi connectivity index (χ2v) is 8.89. The summed E-state index contributed by atoms with van der Waals surface area (Å²) in [5, 5.41) is 7.39. The predicted molar refractivity (Wildman–Crippen MR) is 124 cm³/mol. The van der Waals surface area contributed by atoms with Gasteiger partial charge in [0.1, 0.15) is 0 Å². The summed E-state index contributed by atoms with van der Waals surface area (Å²) in [4.78, 5) is 10.1. The molecular weight excluding hydrogens is 386 g/mol. The first-order valence-electron chi connectivity index (χ1n) is 10.3. The highest BCUT2D eigenvalue weighted by Gasteiger charge is 2.24. The standard InChI is InChI=1S/C26H21N3O2/c1-26(2,3)20-10-6-16-5-9-19-21(11-7-17-4-8-18(20)24(16)25(17)19)29(22-12-27-14-30-22)23-13-28-15-31-23/h4-15H,1-3H3. The van der Waals surface area contributed by atoms with Crippen molar-refractivity contribution in [3.8, 4) is 0 Å². The highest BCUT2D eigenvalue weighted by molar-refractivity contribution is 6.26. The Hall–Kier alpha value is -3.86. The van der Waals surface area contributed by atoms with Crippen LogP contribution in [0.2, 0.25) is 0 Å². The smallest absolute Gasteiger partial charge is 0.227 e. The molecule has 0 unspecified atom stereocenters. The normalized spacial score (nSPS) is 12.4. The molecule has 0 saturated heterocycles. The maximum Gasteiger partial charge on any atom is 0.227 e. The molecule has 0 N–H and O–H groups in total. The molecule has 5 nitrogen and oxygen atoms in total. The van der Waals surface area contributed by atoms with Crippen LogP contribution in [0.5, 0.6) is 0 Å². The molecule has 0 bridgehead atoms. The van der Waals surface area contributed by atoms with Gasteiger partial charge < -0.3 is 8.83 Å². The van der Waals surface area contributed by atoms with Gasteiger partial charge in [0.05, 0.1) is 18.1 Å². The summed E-state index contributed by atoms with van der Waals surface area (Å²) < 4.78 is 11.3. The monoisotopic (exact) mass is 407 g/mol. The second-order valence-electron chi connectivity index (χ2n) is 8.89. The molecule has 0 aliphatic rings. The van der Waals surface area contributed by atoms with Gasteiger partial charge >= 0.3 is 0 Å². The van der Waals surface area contributed by atoms with Crippen LogP contribution < -0.4 is 4.90 Å². The van der Waals surface area contributed by atoms with Gasteiger partial charge in [-0.1, -0.05) is 63.2 Å². The van der Waals surface area contributed by atoms with Crippen molar-refractivity contribution in [1.82, 2.24) is 9.97 Å². The van der Waals surface area contributed by atoms with Gasteiger partial charge in [0.25, 0.3) is 0 Å². The maximum absolute atomic E-state index is 5.66. The van der Waals surface area contributed by atoms with Crippen LogP contribution in [-0.2, 0) is 5.41 Å². The molecule has 0 atom stereocenters. The average molecular weight is 407 g/mol. The highest BCUT2D eigenvalue weighted by Crippen LogP contribution is 2.45. The zero-order valence-corrected chi connectivity index (χ0v) is 17.6. The van der Waals surface area contributed by atoms with Gasteiger partial charge in [-0.2, -0.15) is 0 Å². The van der Waals surface area contributed by atoms with E-state index in [4.69, 9.17) is 8.83 Å². The number of anilines is 3. The van der Waals surface area contributed by atoms with Crippen LogP contribution in [0.1, 0.15) is 26.3 Å². The minimum Gasteiger partial charge on any atom is -0.427 e. The van der Waals surface area contributed by atoms with Crippen molar-refractivity contribution in [3.63, 3.8) is 0 Å². The summed E-state index contributed by atoms with van der Waals surface area (Å²) in [7, 11) is 0. The van der Waals surface area contributed by atoms with Crippen molar-refractivity contribution in [2.45, 2.75) is 26.2 Å². The SMILES string of the molecule is CC(C)(C)c1ccc2ccc3c(N(c4cnco4)c4cnco4)ccc4ccc1c2c43. The third-order valence-electron chi connectivity index (χ3n) is 5.97. The van der Waals surface area contributed by atoms with Gasteiger partial charge in [-0.25, -0.2) is 14.9 Å². The molecule has 0 aliphatic heterocycles. The largest absolute Gasteiger partial charge is 0.427 e. The second kappa shape index (κ2) is 6.32. The summed E-state index contributed by atoms with van der Waals surface area (Å²) in [5.74, 6) is 1.14. The first-order chi connectivity index (χ1) is 15.0. The lowest BCUT2D eigenvalue weighted by atomic mass is 9.81. The van der Waals surface area contributed by atoms with Gasteiger partial charge in [-0.3, -0.25) is 0 Å². The number of rotatable bonds is 3. The first kappa shape index (κ1) is 18.0. The summed E-state index contributed by atoms with van der Waals surface area (Å²) in [6.45, 7) is 6.79. The molecule has 31 heavy (non-hydrogen) atoms. The van der Waals surface area contributed by atoms with Crippen molar-refractivity contribution >= 4 is 49.8 Å². The van der Waals surface area contributed by atoms with Crippen LogP contribution in [0.3, 0.4) is 0 Å². The van der Waals surface area contributed by atoms with E-state index in [1.165, 1.54) is 45.3 Å². The van der Waals surface area contributed by atoms with Crippen molar-refractivity contribution in [2.24, 2.45) is 0 Å². The lowest BCUT2D eigenvalue weighted by molar-refractivity contribution is 0.532.